The average molecular weight is 165 g/mol. The molecule has 0 aliphatic rings. The van der Waals surface area contributed by atoms with Gasteiger partial charge >= 0.3 is 0 Å². The lowest BCUT2D eigenvalue weighted by atomic mass is 10.1. The van der Waals surface area contributed by atoms with Gasteiger partial charge in [-0.2, -0.15) is 0 Å². The van der Waals surface area contributed by atoms with Gasteiger partial charge in [0.15, 0.2) is 0 Å². The molecule has 0 radical (unpaired) electrons. The molecule has 0 aromatic heterocycles. The quantitative estimate of drug-likeness (QED) is 0.715. The maximum absolute atomic E-state index is 12.9. The Balaban J connectivity index is 3.13. The summed E-state index contributed by atoms with van der Waals surface area (Å²) >= 11 is 0. The van der Waals surface area contributed by atoms with E-state index in [0.29, 0.717) is 5.56 Å². The van der Waals surface area contributed by atoms with Crippen LogP contribution in [0.3, 0.4) is 0 Å². The van der Waals surface area contributed by atoms with Crippen LogP contribution in [-0.2, 0) is 0 Å². The first kappa shape index (κ1) is 8.94. The standard InChI is InChI=1S/C10H12FN/c1-3-8-6-9(7(2)12)4-5-10(8)11/h3-7H,1,12H2,2H3. The van der Waals surface area contributed by atoms with E-state index < -0.39 is 0 Å². The molecule has 1 aromatic carbocycles. The maximum Gasteiger partial charge on any atom is 0.130 e. The number of benzene rings is 1. The van der Waals surface area contributed by atoms with E-state index in [1.807, 2.05) is 6.92 Å². The third-order valence-electron chi connectivity index (χ3n) is 1.77. The zero-order valence-corrected chi connectivity index (χ0v) is 7.05. The third-order valence-corrected chi connectivity index (χ3v) is 1.77. The van der Waals surface area contributed by atoms with Crippen LogP contribution in [0.4, 0.5) is 4.39 Å². The number of hydrogen-bond acceptors (Lipinski definition) is 1. The second-order valence-corrected chi connectivity index (χ2v) is 2.77. The molecule has 0 heterocycles. The molecule has 0 aliphatic carbocycles. The Labute approximate surface area is 71.7 Å². The number of hydrogen-bond donors (Lipinski definition) is 1. The summed E-state index contributed by atoms with van der Waals surface area (Å²) in [6.45, 7) is 5.37. The summed E-state index contributed by atoms with van der Waals surface area (Å²) < 4.78 is 12.9. The predicted molar refractivity (Wildman–Crippen MR) is 49.1 cm³/mol. The summed E-state index contributed by atoms with van der Waals surface area (Å²) in [5.74, 6) is -0.255. The highest BCUT2D eigenvalue weighted by molar-refractivity contribution is 5.49. The summed E-state index contributed by atoms with van der Waals surface area (Å²) in [5, 5.41) is 0. The zero-order chi connectivity index (χ0) is 9.14. The van der Waals surface area contributed by atoms with Crippen molar-refractivity contribution in [1.82, 2.24) is 0 Å². The first-order valence-corrected chi connectivity index (χ1v) is 3.82. The van der Waals surface area contributed by atoms with Gasteiger partial charge in [-0.15, -0.1) is 0 Å². The van der Waals surface area contributed by atoms with Crippen LogP contribution in [0.2, 0.25) is 0 Å². The van der Waals surface area contributed by atoms with Crippen molar-refractivity contribution in [3.05, 3.63) is 41.7 Å². The molecule has 1 aromatic rings. The van der Waals surface area contributed by atoms with Gasteiger partial charge in [0.25, 0.3) is 0 Å². The monoisotopic (exact) mass is 165 g/mol. The van der Waals surface area contributed by atoms with Crippen LogP contribution in [0.1, 0.15) is 24.1 Å². The SMILES string of the molecule is C=Cc1cc(C(C)N)ccc1F. The van der Waals surface area contributed by atoms with Gasteiger partial charge in [-0.25, -0.2) is 4.39 Å². The Morgan fingerprint density at radius 1 is 1.58 bits per heavy atom. The van der Waals surface area contributed by atoms with E-state index >= 15 is 0 Å². The third kappa shape index (κ3) is 1.71. The second-order valence-electron chi connectivity index (χ2n) is 2.77. The van der Waals surface area contributed by atoms with Crippen molar-refractivity contribution in [2.75, 3.05) is 0 Å². The molecule has 1 atom stereocenters. The van der Waals surface area contributed by atoms with E-state index in [4.69, 9.17) is 5.73 Å². The fourth-order valence-electron chi connectivity index (χ4n) is 1.00. The van der Waals surface area contributed by atoms with E-state index in [1.165, 1.54) is 12.1 Å². The summed E-state index contributed by atoms with van der Waals surface area (Å²) in [5.41, 5.74) is 7.06. The van der Waals surface area contributed by atoms with E-state index in [1.54, 1.807) is 12.1 Å². The Hall–Kier alpha value is -1.15. The zero-order valence-electron chi connectivity index (χ0n) is 7.05. The molecule has 0 amide bonds. The molecule has 0 spiro atoms. The lowest BCUT2D eigenvalue weighted by Gasteiger charge is -2.06. The molecule has 0 aliphatic heterocycles. The predicted octanol–water partition coefficient (Wildman–Crippen LogP) is 2.49. The van der Waals surface area contributed by atoms with Crippen LogP contribution in [0, 0.1) is 5.82 Å². The lowest BCUT2D eigenvalue weighted by Crippen LogP contribution is -2.05. The van der Waals surface area contributed by atoms with Crippen molar-refractivity contribution >= 4 is 6.08 Å². The van der Waals surface area contributed by atoms with Crippen molar-refractivity contribution in [2.45, 2.75) is 13.0 Å². The second kappa shape index (κ2) is 3.50. The van der Waals surface area contributed by atoms with Crippen molar-refractivity contribution in [2.24, 2.45) is 5.73 Å². The molecular formula is C10H12FN. The topological polar surface area (TPSA) is 26.0 Å². The first-order chi connectivity index (χ1) is 5.65. The fourth-order valence-corrected chi connectivity index (χ4v) is 1.00. The maximum atomic E-state index is 12.9. The molecular weight excluding hydrogens is 153 g/mol. The number of halogens is 1. The largest absolute Gasteiger partial charge is 0.324 e. The number of rotatable bonds is 2. The molecule has 1 unspecified atom stereocenters. The van der Waals surface area contributed by atoms with Gasteiger partial charge in [0.1, 0.15) is 5.82 Å². The van der Waals surface area contributed by atoms with E-state index in [2.05, 4.69) is 6.58 Å². The lowest BCUT2D eigenvalue weighted by molar-refractivity contribution is 0.623. The highest BCUT2D eigenvalue weighted by atomic mass is 19.1. The molecule has 12 heavy (non-hydrogen) atoms. The van der Waals surface area contributed by atoms with Crippen molar-refractivity contribution in [3.63, 3.8) is 0 Å². The van der Waals surface area contributed by atoms with Gasteiger partial charge in [0.2, 0.25) is 0 Å². The molecule has 2 heteroatoms. The van der Waals surface area contributed by atoms with Crippen LogP contribution < -0.4 is 5.73 Å². The van der Waals surface area contributed by atoms with E-state index in [0.717, 1.165) is 5.56 Å². The first-order valence-electron chi connectivity index (χ1n) is 3.82. The smallest absolute Gasteiger partial charge is 0.130 e. The van der Waals surface area contributed by atoms with Gasteiger partial charge in [-0.05, 0) is 24.6 Å². The van der Waals surface area contributed by atoms with Crippen molar-refractivity contribution in [1.29, 1.82) is 0 Å². The van der Waals surface area contributed by atoms with Crippen LogP contribution >= 0.6 is 0 Å². The normalized spacial score (nSPS) is 12.6. The van der Waals surface area contributed by atoms with Crippen LogP contribution in [-0.4, -0.2) is 0 Å². The van der Waals surface area contributed by atoms with Crippen LogP contribution in [0.25, 0.3) is 6.08 Å². The van der Waals surface area contributed by atoms with Gasteiger partial charge in [0.05, 0.1) is 0 Å². The highest BCUT2D eigenvalue weighted by Crippen LogP contribution is 2.15. The molecule has 0 saturated carbocycles. The minimum atomic E-state index is -0.255. The van der Waals surface area contributed by atoms with Crippen LogP contribution in [0.15, 0.2) is 24.8 Å². The summed E-state index contributed by atoms with van der Waals surface area (Å²) in [6, 6.07) is 4.75. The van der Waals surface area contributed by atoms with Crippen molar-refractivity contribution < 1.29 is 4.39 Å². The molecule has 64 valence electrons. The Kier molecular flexibility index (Phi) is 2.61. The Bertz CT molecular complexity index is 292. The fraction of sp³-hybridized carbons (Fsp3) is 0.200. The number of nitrogens with two attached hydrogens (primary N) is 1. The summed E-state index contributed by atoms with van der Waals surface area (Å²) in [6.07, 6.45) is 1.49. The highest BCUT2D eigenvalue weighted by Gasteiger charge is 2.02. The van der Waals surface area contributed by atoms with Gasteiger partial charge in [-0.3, -0.25) is 0 Å². The Morgan fingerprint density at radius 3 is 2.75 bits per heavy atom. The molecule has 2 N–H and O–H groups in total. The van der Waals surface area contributed by atoms with Gasteiger partial charge < -0.3 is 5.73 Å². The van der Waals surface area contributed by atoms with E-state index in [9.17, 15) is 4.39 Å². The van der Waals surface area contributed by atoms with Crippen LogP contribution in [0.5, 0.6) is 0 Å². The minimum Gasteiger partial charge on any atom is -0.324 e. The van der Waals surface area contributed by atoms with E-state index in [-0.39, 0.29) is 11.9 Å². The van der Waals surface area contributed by atoms with Gasteiger partial charge in [-0.1, -0.05) is 18.7 Å². The minimum absolute atomic E-state index is 0.0655. The van der Waals surface area contributed by atoms with Crippen molar-refractivity contribution in [3.8, 4) is 0 Å². The molecule has 0 fully saturated rings. The summed E-state index contributed by atoms with van der Waals surface area (Å²) in [4.78, 5) is 0. The van der Waals surface area contributed by atoms with Gasteiger partial charge in [0, 0.05) is 11.6 Å². The molecule has 1 rings (SSSR count). The molecule has 0 saturated heterocycles. The summed E-state index contributed by atoms with van der Waals surface area (Å²) in [7, 11) is 0. The average Bonchev–Trinajstić information content (AvgIpc) is 2.05. The molecule has 1 nitrogen and oxygen atoms in total. The Morgan fingerprint density at radius 2 is 2.25 bits per heavy atom. The molecule has 0 bridgehead atoms.